The summed E-state index contributed by atoms with van der Waals surface area (Å²) < 4.78 is 5.35. The van der Waals surface area contributed by atoms with Crippen molar-refractivity contribution in [3.63, 3.8) is 0 Å². The lowest BCUT2D eigenvalue weighted by molar-refractivity contribution is -0.117. The van der Waals surface area contributed by atoms with Gasteiger partial charge in [-0.2, -0.15) is 0 Å². The Morgan fingerprint density at radius 1 is 1.24 bits per heavy atom. The molecule has 1 N–H and O–H groups in total. The number of benzene rings is 2. The van der Waals surface area contributed by atoms with Gasteiger partial charge in [-0.1, -0.05) is 23.7 Å². The molecule has 1 heterocycles. The van der Waals surface area contributed by atoms with Crippen LogP contribution in [0.5, 0.6) is 5.75 Å². The van der Waals surface area contributed by atoms with E-state index in [1.807, 2.05) is 12.1 Å². The van der Waals surface area contributed by atoms with Crippen molar-refractivity contribution < 1.29 is 14.3 Å². The van der Waals surface area contributed by atoms with Crippen molar-refractivity contribution >= 4 is 34.8 Å². The predicted octanol–water partition coefficient (Wildman–Crippen LogP) is 3.66. The van der Waals surface area contributed by atoms with Crippen LogP contribution in [0.15, 0.2) is 42.5 Å². The van der Waals surface area contributed by atoms with E-state index in [0.717, 1.165) is 12.0 Å². The molecule has 130 valence electrons. The summed E-state index contributed by atoms with van der Waals surface area (Å²) in [5.41, 5.74) is 2.20. The number of amides is 2. The molecule has 1 aliphatic heterocycles. The van der Waals surface area contributed by atoms with Crippen LogP contribution in [-0.2, 0) is 16.0 Å². The van der Waals surface area contributed by atoms with E-state index in [2.05, 4.69) is 5.32 Å². The second-order valence-corrected chi connectivity index (χ2v) is 6.32. The zero-order chi connectivity index (χ0) is 17.8. The number of anilines is 2. The maximum Gasteiger partial charge on any atom is 0.228 e. The summed E-state index contributed by atoms with van der Waals surface area (Å²) in [6.45, 7) is 0.664. The lowest BCUT2D eigenvalue weighted by atomic mass is 10.1. The number of hydrogen-bond acceptors (Lipinski definition) is 3. The summed E-state index contributed by atoms with van der Waals surface area (Å²) >= 11 is 5.85. The molecule has 25 heavy (non-hydrogen) atoms. The minimum absolute atomic E-state index is 0.0722. The maximum atomic E-state index is 12.3. The van der Waals surface area contributed by atoms with Crippen LogP contribution in [0.4, 0.5) is 11.4 Å². The minimum Gasteiger partial charge on any atom is -0.495 e. The van der Waals surface area contributed by atoms with Gasteiger partial charge in [-0.3, -0.25) is 9.59 Å². The molecular formula is C19H19ClN2O3. The summed E-state index contributed by atoms with van der Waals surface area (Å²) in [7, 11) is 1.57. The van der Waals surface area contributed by atoms with Crippen LogP contribution in [0.3, 0.4) is 0 Å². The number of halogens is 1. The van der Waals surface area contributed by atoms with Crippen LogP contribution >= 0.6 is 11.6 Å². The fraction of sp³-hybridized carbons (Fsp3) is 0.263. The van der Waals surface area contributed by atoms with Crippen molar-refractivity contribution in [1.29, 1.82) is 0 Å². The molecule has 6 heteroatoms. The molecule has 0 spiro atoms. The van der Waals surface area contributed by atoms with E-state index >= 15 is 0 Å². The standard InChI is InChI=1S/C19H19ClN2O3/c1-25-17-9-8-15(12-16(17)22-10-2-3-19(22)24)21-18(23)11-13-4-6-14(20)7-5-13/h4-9,12H,2-3,10-11H2,1H3,(H,21,23). The first kappa shape index (κ1) is 17.3. The second-order valence-electron chi connectivity index (χ2n) is 5.89. The number of hydrogen-bond donors (Lipinski definition) is 1. The van der Waals surface area contributed by atoms with E-state index < -0.39 is 0 Å². The molecular weight excluding hydrogens is 340 g/mol. The van der Waals surface area contributed by atoms with Gasteiger partial charge in [0.25, 0.3) is 0 Å². The molecule has 0 unspecified atom stereocenters. The Hall–Kier alpha value is -2.53. The third kappa shape index (κ3) is 4.12. The average molecular weight is 359 g/mol. The Balaban J connectivity index is 1.74. The van der Waals surface area contributed by atoms with Gasteiger partial charge in [0.2, 0.25) is 11.8 Å². The number of carbonyl (C=O) groups excluding carboxylic acids is 2. The highest BCUT2D eigenvalue weighted by atomic mass is 35.5. The Morgan fingerprint density at radius 2 is 2.00 bits per heavy atom. The third-order valence-electron chi connectivity index (χ3n) is 4.10. The van der Waals surface area contributed by atoms with Crippen LogP contribution in [0.25, 0.3) is 0 Å². The summed E-state index contributed by atoms with van der Waals surface area (Å²) in [6.07, 6.45) is 1.62. The van der Waals surface area contributed by atoms with E-state index in [-0.39, 0.29) is 18.2 Å². The van der Waals surface area contributed by atoms with Crippen molar-refractivity contribution in [2.45, 2.75) is 19.3 Å². The van der Waals surface area contributed by atoms with Crippen LogP contribution < -0.4 is 15.0 Å². The van der Waals surface area contributed by atoms with E-state index in [9.17, 15) is 9.59 Å². The summed E-state index contributed by atoms with van der Waals surface area (Å²) in [5.74, 6) is 0.556. The fourth-order valence-electron chi connectivity index (χ4n) is 2.87. The van der Waals surface area contributed by atoms with Gasteiger partial charge in [0.1, 0.15) is 5.75 Å². The van der Waals surface area contributed by atoms with Crippen LogP contribution in [0, 0.1) is 0 Å². The van der Waals surface area contributed by atoms with Gasteiger partial charge in [0.15, 0.2) is 0 Å². The number of methoxy groups -OCH3 is 1. The zero-order valence-electron chi connectivity index (χ0n) is 13.9. The van der Waals surface area contributed by atoms with Gasteiger partial charge in [-0.15, -0.1) is 0 Å². The average Bonchev–Trinajstić information content (AvgIpc) is 3.02. The van der Waals surface area contributed by atoms with E-state index in [4.69, 9.17) is 16.3 Å². The second kappa shape index (κ2) is 7.57. The van der Waals surface area contributed by atoms with Gasteiger partial charge in [-0.25, -0.2) is 0 Å². The monoisotopic (exact) mass is 358 g/mol. The minimum atomic E-state index is -0.133. The highest BCUT2D eigenvalue weighted by Gasteiger charge is 2.24. The number of nitrogens with zero attached hydrogens (tertiary/aromatic N) is 1. The van der Waals surface area contributed by atoms with Gasteiger partial charge >= 0.3 is 0 Å². The smallest absolute Gasteiger partial charge is 0.228 e. The van der Waals surface area contributed by atoms with Crippen molar-refractivity contribution in [2.24, 2.45) is 0 Å². The molecule has 1 fully saturated rings. The van der Waals surface area contributed by atoms with E-state index in [1.165, 1.54) is 0 Å². The molecule has 0 aromatic heterocycles. The number of carbonyl (C=O) groups is 2. The van der Waals surface area contributed by atoms with Crippen molar-refractivity contribution in [2.75, 3.05) is 23.9 Å². The lowest BCUT2D eigenvalue weighted by Crippen LogP contribution is -2.24. The number of nitrogens with one attached hydrogen (secondary N) is 1. The van der Waals surface area contributed by atoms with Crippen molar-refractivity contribution in [3.8, 4) is 5.75 Å². The van der Waals surface area contributed by atoms with Gasteiger partial charge in [0.05, 0.1) is 19.2 Å². The first-order valence-electron chi connectivity index (χ1n) is 8.09. The highest BCUT2D eigenvalue weighted by Crippen LogP contribution is 2.34. The molecule has 3 rings (SSSR count). The zero-order valence-corrected chi connectivity index (χ0v) is 14.7. The first-order valence-corrected chi connectivity index (χ1v) is 8.47. The third-order valence-corrected chi connectivity index (χ3v) is 4.36. The first-order chi connectivity index (χ1) is 12.1. The SMILES string of the molecule is COc1ccc(NC(=O)Cc2ccc(Cl)cc2)cc1N1CCCC1=O. The summed E-state index contributed by atoms with van der Waals surface area (Å²) in [4.78, 5) is 26.0. The molecule has 1 aliphatic rings. The molecule has 2 aromatic rings. The molecule has 2 aromatic carbocycles. The Kier molecular flexibility index (Phi) is 5.24. The van der Waals surface area contributed by atoms with Crippen LogP contribution in [-0.4, -0.2) is 25.5 Å². The quantitative estimate of drug-likeness (QED) is 0.887. The Labute approximate surface area is 151 Å². The van der Waals surface area contributed by atoms with E-state index in [0.29, 0.717) is 35.1 Å². The Morgan fingerprint density at radius 3 is 2.64 bits per heavy atom. The molecule has 0 bridgehead atoms. The molecule has 5 nitrogen and oxygen atoms in total. The Bertz CT molecular complexity index is 790. The molecule has 2 amide bonds. The fourth-order valence-corrected chi connectivity index (χ4v) is 3.00. The highest BCUT2D eigenvalue weighted by molar-refractivity contribution is 6.30. The molecule has 0 saturated carbocycles. The van der Waals surface area contributed by atoms with E-state index in [1.54, 1.807) is 42.3 Å². The van der Waals surface area contributed by atoms with Gasteiger partial charge < -0.3 is 15.0 Å². The van der Waals surface area contributed by atoms with Crippen molar-refractivity contribution in [3.05, 3.63) is 53.1 Å². The topological polar surface area (TPSA) is 58.6 Å². The van der Waals surface area contributed by atoms with Crippen LogP contribution in [0.1, 0.15) is 18.4 Å². The largest absolute Gasteiger partial charge is 0.495 e. The number of rotatable bonds is 5. The molecule has 0 atom stereocenters. The maximum absolute atomic E-state index is 12.3. The van der Waals surface area contributed by atoms with Crippen molar-refractivity contribution in [1.82, 2.24) is 0 Å². The lowest BCUT2D eigenvalue weighted by Gasteiger charge is -2.20. The van der Waals surface area contributed by atoms with Crippen LogP contribution in [0.2, 0.25) is 5.02 Å². The number of ether oxygens (including phenoxy) is 1. The normalized spacial score (nSPS) is 13.8. The molecule has 1 saturated heterocycles. The summed E-state index contributed by atoms with van der Waals surface area (Å²) in [6, 6.07) is 12.5. The van der Waals surface area contributed by atoms with Gasteiger partial charge in [0, 0.05) is 23.7 Å². The summed E-state index contributed by atoms with van der Waals surface area (Å²) in [5, 5.41) is 3.51. The predicted molar refractivity (Wildman–Crippen MR) is 98.4 cm³/mol. The molecule has 0 radical (unpaired) electrons. The molecule has 0 aliphatic carbocycles. The van der Waals surface area contributed by atoms with Gasteiger partial charge in [-0.05, 0) is 42.3 Å².